The molecule has 3 rings (SSSR count). The summed E-state index contributed by atoms with van der Waals surface area (Å²) in [5.41, 5.74) is 4.27. The van der Waals surface area contributed by atoms with Gasteiger partial charge in [0.15, 0.2) is 0 Å². The van der Waals surface area contributed by atoms with Crippen molar-refractivity contribution in [1.29, 1.82) is 0 Å². The molecule has 1 aromatic heterocycles. The second-order valence-corrected chi connectivity index (χ2v) is 5.88. The summed E-state index contributed by atoms with van der Waals surface area (Å²) in [6.45, 7) is 6.13. The maximum Gasteiger partial charge on any atom is 0.231 e. The van der Waals surface area contributed by atoms with E-state index in [9.17, 15) is 4.79 Å². The summed E-state index contributed by atoms with van der Waals surface area (Å²) in [6.07, 6.45) is 0. The van der Waals surface area contributed by atoms with Gasteiger partial charge in [-0.2, -0.15) is 0 Å². The zero-order chi connectivity index (χ0) is 17.1. The Morgan fingerprint density at radius 2 is 1.88 bits per heavy atom. The molecule has 122 valence electrons. The number of aromatic nitrogens is 1. The van der Waals surface area contributed by atoms with E-state index in [1.54, 1.807) is 19.1 Å². The van der Waals surface area contributed by atoms with Crippen molar-refractivity contribution in [2.75, 3.05) is 0 Å². The van der Waals surface area contributed by atoms with Crippen LogP contribution in [0.2, 0.25) is 0 Å². The first kappa shape index (κ1) is 16.0. The molecule has 0 saturated carbocycles. The predicted octanol–water partition coefficient (Wildman–Crippen LogP) is 4.41. The number of hydrogen-bond acceptors (Lipinski definition) is 4. The van der Waals surface area contributed by atoms with Gasteiger partial charge in [-0.1, -0.05) is 41.6 Å². The number of carbonyl (C=O) groups excluding carboxylic acids is 1. The number of ether oxygens (including phenoxy) is 1. The molecule has 0 spiro atoms. The van der Waals surface area contributed by atoms with E-state index in [-0.39, 0.29) is 11.5 Å². The first-order valence-corrected chi connectivity index (χ1v) is 7.80. The molecule has 24 heavy (non-hydrogen) atoms. The average molecular weight is 321 g/mol. The summed E-state index contributed by atoms with van der Waals surface area (Å²) in [4.78, 5) is 12.6. The highest BCUT2D eigenvalue weighted by molar-refractivity contribution is 6.08. The molecular formula is C20H19NO3. The molecule has 0 aliphatic carbocycles. The summed E-state index contributed by atoms with van der Waals surface area (Å²) in [6, 6.07) is 15.1. The Labute approximate surface area is 141 Å². The molecule has 0 radical (unpaired) electrons. The van der Waals surface area contributed by atoms with Crippen LogP contribution in [0, 0.1) is 20.8 Å². The van der Waals surface area contributed by atoms with E-state index in [1.165, 1.54) is 0 Å². The van der Waals surface area contributed by atoms with Gasteiger partial charge < -0.3 is 9.26 Å². The average Bonchev–Trinajstić information content (AvgIpc) is 3.02. The molecular weight excluding hydrogens is 302 g/mol. The van der Waals surface area contributed by atoms with Crippen molar-refractivity contribution in [3.63, 3.8) is 0 Å². The van der Waals surface area contributed by atoms with Crippen molar-refractivity contribution in [1.82, 2.24) is 5.16 Å². The summed E-state index contributed by atoms with van der Waals surface area (Å²) >= 11 is 0. The van der Waals surface area contributed by atoms with Crippen LogP contribution in [0.4, 0.5) is 0 Å². The molecule has 4 heteroatoms. The van der Waals surface area contributed by atoms with Crippen LogP contribution in [0.25, 0.3) is 0 Å². The summed E-state index contributed by atoms with van der Waals surface area (Å²) in [5.74, 6) is 0.884. The first-order chi connectivity index (χ1) is 11.5. The fourth-order valence-electron chi connectivity index (χ4n) is 2.49. The van der Waals surface area contributed by atoms with Gasteiger partial charge in [0.2, 0.25) is 11.5 Å². The van der Waals surface area contributed by atoms with Crippen molar-refractivity contribution in [3.8, 4) is 5.75 Å². The molecule has 4 nitrogen and oxygen atoms in total. The molecule has 1 heterocycles. The second-order valence-electron chi connectivity index (χ2n) is 5.88. The minimum atomic E-state index is -0.184. The lowest BCUT2D eigenvalue weighted by atomic mass is 10.0. The van der Waals surface area contributed by atoms with Gasteiger partial charge in [-0.25, -0.2) is 0 Å². The molecule has 0 atom stereocenters. The molecule has 2 aromatic carbocycles. The second kappa shape index (κ2) is 6.71. The molecule has 0 bridgehead atoms. The fourth-order valence-corrected chi connectivity index (χ4v) is 2.49. The summed E-state index contributed by atoms with van der Waals surface area (Å²) < 4.78 is 11.0. The van der Waals surface area contributed by atoms with Gasteiger partial charge in [0, 0.05) is 17.2 Å². The lowest BCUT2D eigenvalue weighted by molar-refractivity contribution is 0.0998. The van der Waals surface area contributed by atoms with Crippen LogP contribution in [0.15, 0.2) is 53.1 Å². The van der Waals surface area contributed by atoms with Gasteiger partial charge in [0.1, 0.15) is 12.4 Å². The van der Waals surface area contributed by atoms with Gasteiger partial charge in [-0.3, -0.25) is 4.79 Å². The fraction of sp³-hybridized carbons (Fsp3) is 0.200. The van der Waals surface area contributed by atoms with Crippen molar-refractivity contribution < 1.29 is 14.1 Å². The maximum atomic E-state index is 12.6. The third-order valence-corrected chi connectivity index (χ3v) is 3.84. The van der Waals surface area contributed by atoms with Crippen LogP contribution in [0.1, 0.15) is 38.5 Å². The van der Waals surface area contributed by atoms with Gasteiger partial charge >= 0.3 is 0 Å². The molecule has 0 aliphatic rings. The molecule has 0 aliphatic heterocycles. The highest BCUT2D eigenvalue weighted by atomic mass is 16.5. The number of ketones is 1. The quantitative estimate of drug-likeness (QED) is 0.653. The number of nitrogens with zero attached hydrogens (tertiary/aromatic N) is 1. The van der Waals surface area contributed by atoms with Crippen molar-refractivity contribution in [2.24, 2.45) is 0 Å². The molecule has 3 aromatic rings. The molecule has 0 N–H and O–H groups in total. The Hall–Kier alpha value is -2.88. The SMILES string of the molecule is Cc1ccc(C)c(OCc2ccccc2C(=O)c2cc(C)no2)c1. The lowest BCUT2D eigenvalue weighted by Crippen LogP contribution is -2.07. The normalized spacial score (nSPS) is 10.6. The number of rotatable bonds is 5. The zero-order valence-corrected chi connectivity index (χ0v) is 14.0. The largest absolute Gasteiger partial charge is 0.489 e. The Kier molecular flexibility index (Phi) is 4.47. The smallest absolute Gasteiger partial charge is 0.231 e. The number of hydrogen-bond donors (Lipinski definition) is 0. The van der Waals surface area contributed by atoms with Crippen LogP contribution >= 0.6 is 0 Å². The number of carbonyl (C=O) groups is 1. The molecule has 0 amide bonds. The van der Waals surface area contributed by atoms with E-state index >= 15 is 0 Å². The number of aryl methyl sites for hydroxylation is 3. The van der Waals surface area contributed by atoms with Crippen molar-refractivity contribution >= 4 is 5.78 Å². The van der Waals surface area contributed by atoms with Crippen LogP contribution in [-0.4, -0.2) is 10.9 Å². The Morgan fingerprint density at radius 3 is 2.62 bits per heavy atom. The maximum absolute atomic E-state index is 12.6. The van der Waals surface area contributed by atoms with E-state index in [2.05, 4.69) is 5.16 Å². The summed E-state index contributed by atoms with van der Waals surface area (Å²) in [5, 5.41) is 3.78. The topological polar surface area (TPSA) is 52.3 Å². The zero-order valence-electron chi connectivity index (χ0n) is 14.0. The minimum Gasteiger partial charge on any atom is -0.489 e. The van der Waals surface area contributed by atoms with E-state index in [4.69, 9.17) is 9.26 Å². The van der Waals surface area contributed by atoms with E-state index in [0.717, 1.165) is 22.4 Å². The Balaban J connectivity index is 1.84. The van der Waals surface area contributed by atoms with Gasteiger partial charge in [-0.15, -0.1) is 0 Å². The summed E-state index contributed by atoms with van der Waals surface area (Å²) in [7, 11) is 0. The van der Waals surface area contributed by atoms with Gasteiger partial charge in [0.05, 0.1) is 5.69 Å². The highest BCUT2D eigenvalue weighted by Crippen LogP contribution is 2.22. The first-order valence-electron chi connectivity index (χ1n) is 7.80. The van der Waals surface area contributed by atoms with Gasteiger partial charge in [-0.05, 0) is 38.0 Å². The van der Waals surface area contributed by atoms with Gasteiger partial charge in [0.25, 0.3) is 0 Å². The Morgan fingerprint density at radius 1 is 1.08 bits per heavy atom. The van der Waals surface area contributed by atoms with Crippen LogP contribution in [0.3, 0.4) is 0 Å². The third kappa shape index (κ3) is 3.38. The number of benzene rings is 2. The lowest BCUT2D eigenvalue weighted by Gasteiger charge is -2.12. The van der Waals surface area contributed by atoms with Crippen LogP contribution in [-0.2, 0) is 6.61 Å². The Bertz CT molecular complexity index is 880. The van der Waals surface area contributed by atoms with Crippen LogP contribution in [0.5, 0.6) is 5.75 Å². The van der Waals surface area contributed by atoms with Crippen molar-refractivity contribution in [2.45, 2.75) is 27.4 Å². The van der Waals surface area contributed by atoms with E-state index in [1.807, 2.05) is 50.2 Å². The molecule has 0 fully saturated rings. The molecule has 0 saturated heterocycles. The van der Waals surface area contributed by atoms with Crippen LogP contribution < -0.4 is 4.74 Å². The monoisotopic (exact) mass is 321 g/mol. The molecule has 0 unspecified atom stereocenters. The van der Waals surface area contributed by atoms with E-state index in [0.29, 0.717) is 17.9 Å². The van der Waals surface area contributed by atoms with Crippen molar-refractivity contribution in [3.05, 3.63) is 82.2 Å². The van der Waals surface area contributed by atoms with E-state index < -0.39 is 0 Å². The minimum absolute atomic E-state index is 0.184. The standard InChI is InChI=1S/C20H19NO3/c1-13-8-9-14(2)18(10-13)23-12-16-6-4-5-7-17(16)20(22)19-11-15(3)21-24-19/h4-11H,12H2,1-3H3. The predicted molar refractivity (Wildman–Crippen MR) is 91.4 cm³/mol. The highest BCUT2D eigenvalue weighted by Gasteiger charge is 2.18. The third-order valence-electron chi connectivity index (χ3n) is 3.84.